The van der Waals surface area contributed by atoms with Crippen LogP contribution in [0.2, 0.25) is 0 Å². The molecule has 0 heterocycles. The van der Waals surface area contributed by atoms with Crippen LogP contribution in [0.5, 0.6) is 5.75 Å². The molecule has 0 saturated heterocycles. The molecule has 0 N–H and O–H groups in total. The van der Waals surface area contributed by atoms with Crippen molar-refractivity contribution in [1.29, 1.82) is 0 Å². The summed E-state index contributed by atoms with van der Waals surface area (Å²) in [6, 6.07) is 3.36. The molecule has 0 aliphatic rings. The zero-order valence-electron chi connectivity index (χ0n) is 8.48. The van der Waals surface area contributed by atoms with Gasteiger partial charge in [0.05, 0.1) is 0 Å². The molecule has 1 aromatic carbocycles. The van der Waals surface area contributed by atoms with E-state index in [2.05, 4.69) is 4.18 Å². The highest BCUT2D eigenvalue weighted by Gasteiger charge is 2.48. The highest BCUT2D eigenvalue weighted by atomic mass is 32.2. The van der Waals surface area contributed by atoms with E-state index >= 15 is 0 Å². The Bertz CT molecular complexity index is 534. The summed E-state index contributed by atoms with van der Waals surface area (Å²) in [5.74, 6) is -0.465. The average Bonchev–Trinajstić information content (AvgIpc) is 2.19. The van der Waals surface area contributed by atoms with Gasteiger partial charge in [-0.3, -0.25) is 4.79 Å². The van der Waals surface area contributed by atoms with Crippen molar-refractivity contribution in [3.8, 4) is 5.75 Å². The lowest BCUT2D eigenvalue weighted by Gasteiger charge is -2.11. The van der Waals surface area contributed by atoms with Crippen molar-refractivity contribution in [1.82, 2.24) is 0 Å². The molecule has 1 rings (SSSR count). The fourth-order valence-electron chi connectivity index (χ4n) is 1.00. The molecule has 0 fully saturated rings. The summed E-state index contributed by atoms with van der Waals surface area (Å²) >= 11 is 0. The maximum atomic E-state index is 12.0. The first-order valence-corrected chi connectivity index (χ1v) is 5.65. The fourth-order valence-corrected chi connectivity index (χ4v) is 1.52. The fraction of sp³-hybridized carbons (Fsp3) is 0.222. The van der Waals surface area contributed by atoms with E-state index in [9.17, 15) is 26.4 Å². The summed E-state index contributed by atoms with van der Waals surface area (Å²) in [6.45, 7) is 1.33. The van der Waals surface area contributed by atoms with Crippen molar-refractivity contribution < 1.29 is 30.6 Å². The van der Waals surface area contributed by atoms with E-state index in [1.54, 1.807) is 0 Å². The maximum Gasteiger partial charge on any atom is 0.534 e. The quantitative estimate of drug-likeness (QED) is 0.478. The Morgan fingerprint density at radius 1 is 1.29 bits per heavy atom. The number of rotatable bonds is 3. The van der Waals surface area contributed by atoms with Crippen molar-refractivity contribution >= 4 is 16.4 Å². The predicted octanol–water partition coefficient (Wildman–Crippen LogP) is 2.04. The first-order chi connectivity index (χ1) is 7.67. The Hall–Kier alpha value is -1.57. The van der Waals surface area contributed by atoms with Gasteiger partial charge < -0.3 is 4.18 Å². The number of benzene rings is 1. The van der Waals surface area contributed by atoms with Crippen molar-refractivity contribution in [3.63, 3.8) is 0 Å². The number of carbonyl (C=O) groups excluding carboxylic acids is 1. The second kappa shape index (κ2) is 4.36. The van der Waals surface area contributed by atoms with Crippen LogP contribution in [0, 0.1) is 6.92 Å². The van der Waals surface area contributed by atoms with E-state index in [0.717, 1.165) is 12.1 Å². The molecule has 0 aliphatic carbocycles. The van der Waals surface area contributed by atoms with E-state index in [-0.39, 0.29) is 11.1 Å². The van der Waals surface area contributed by atoms with Crippen LogP contribution in [0.4, 0.5) is 13.2 Å². The van der Waals surface area contributed by atoms with E-state index in [4.69, 9.17) is 0 Å². The normalized spacial score (nSPS) is 12.2. The molecular weight excluding hydrogens is 261 g/mol. The average molecular weight is 268 g/mol. The van der Waals surface area contributed by atoms with Crippen LogP contribution in [-0.2, 0) is 10.1 Å². The predicted molar refractivity (Wildman–Crippen MR) is 52.2 cm³/mol. The summed E-state index contributed by atoms with van der Waals surface area (Å²) in [6.07, 6.45) is 0.481. The number of carbonyl (C=O) groups is 1. The monoisotopic (exact) mass is 268 g/mol. The number of alkyl halides is 3. The third-order valence-corrected chi connectivity index (χ3v) is 2.78. The van der Waals surface area contributed by atoms with Crippen molar-refractivity contribution in [3.05, 3.63) is 29.3 Å². The Morgan fingerprint density at radius 3 is 2.29 bits per heavy atom. The molecule has 0 unspecified atom stereocenters. The number of hydrogen-bond donors (Lipinski definition) is 0. The molecule has 4 nitrogen and oxygen atoms in total. The van der Waals surface area contributed by atoms with E-state index in [1.165, 1.54) is 13.0 Å². The van der Waals surface area contributed by atoms with Gasteiger partial charge in [-0.1, -0.05) is 0 Å². The summed E-state index contributed by atoms with van der Waals surface area (Å²) in [5, 5.41) is 0. The Morgan fingerprint density at radius 2 is 1.88 bits per heavy atom. The molecule has 0 bridgehead atoms. The zero-order chi connectivity index (χ0) is 13.3. The molecule has 94 valence electrons. The third kappa shape index (κ3) is 2.96. The lowest BCUT2D eigenvalue weighted by Crippen LogP contribution is -2.28. The molecule has 0 radical (unpaired) electrons. The molecule has 0 aromatic heterocycles. The third-order valence-electron chi connectivity index (χ3n) is 1.82. The smallest absolute Gasteiger partial charge is 0.376 e. The van der Waals surface area contributed by atoms with E-state index < -0.39 is 21.4 Å². The summed E-state index contributed by atoms with van der Waals surface area (Å²) in [7, 11) is -5.68. The minimum atomic E-state index is -5.68. The van der Waals surface area contributed by atoms with Gasteiger partial charge in [-0.15, -0.1) is 0 Å². The van der Waals surface area contributed by atoms with Crippen LogP contribution in [0.25, 0.3) is 0 Å². The Kier molecular flexibility index (Phi) is 3.46. The second-order valence-corrected chi connectivity index (χ2v) is 4.66. The number of aryl methyl sites for hydroxylation is 1. The molecule has 0 saturated carbocycles. The number of hydrogen-bond acceptors (Lipinski definition) is 4. The van der Waals surface area contributed by atoms with Crippen LogP contribution in [0.3, 0.4) is 0 Å². The molecule has 8 heteroatoms. The first kappa shape index (κ1) is 13.5. The van der Waals surface area contributed by atoms with Crippen LogP contribution in [-0.4, -0.2) is 20.2 Å². The van der Waals surface area contributed by atoms with Crippen LogP contribution in [0.1, 0.15) is 15.9 Å². The maximum absolute atomic E-state index is 12.0. The van der Waals surface area contributed by atoms with Gasteiger partial charge in [0.25, 0.3) is 0 Å². The van der Waals surface area contributed by atoms with Gasteiger partial charge in [-0.2, -0.15) is 21.6 Å². The molecular formula is C9H7F3O4S. The van der Waals surface area contributed by atoms with Crippen LogP contribution < -0.4 is 4.18 Å². The molecule has 0 spiro atoms. The highest BCUT2D eigenvalue weighted by Crippen LogP contribution is 2.28. The highest BCUT2D eigenvalue weighted by molar-refractivity contribution is 7.88. The molecule has 0 atom stereocenters. The van der Waals surface area contributed by atoms with Crippen molar-refractivity contribution in [2.75, 3.05) is 0 Å². The van der Waals surface area contributed by atoms with Gasteiger partial charge in [-0.05, 0) is 30.7 Å². The van der Waals surface area contributed by atoms with E-state index in [1.807, 2.05) is 0 Å². The van der Waals surface area contributed by atoms with Gasteiger partial charge in [0.15, 0.2) is 0 Å². The van der Waals surface area contributed by atoms with E-state index in [0.29, 0.717) is 6.29 Å². The second-order valence-electron chi connectivity index (χ2n) is 3.13. The number of halogens is 3. The Labute approximate surface area is 95.1 Å². The van der Waals surface area contributed by atoms with Crippen molar-refractivity contribution in [2.24, 2.45) is 0 Å². The van der Waals surface area contributed by atoms with Gasteiger partial charge in [0.2, 0.25) is 0 Å². The molecule has 0 aliphatic heterocycles. The van der Waals surface area contributed by atoms with Crippen molar-refractivity contribution in [2.45, 2.75) is 12.4 Å². The Balaban J connectivity index is 3.09. The van der Waals surface area contributed by atoms with Crippen LogP contribution in [0.15, 0.2) is 18.2 Å². The molecule has 1 aromatic rings. The number of aldehydes is 1. The van der Waals surface area contributed by atoms with Crippen LogP contribution >= 0.6 is 0 Å². The minimum absolute atomic E-state index is 0.113. The SMILES string of the molecule is Cc1cc(C=O)ccc1OS(=O)(=O)C(F)(F)F. The summed E-state index contributed by atoms with van der Waals surface area (Å²) < 4.78 is 61.4. The van der Waals surface area contributed by atoms with Gasteiger partial charge in [-0.25, -0.2) is 0 Å². The minimum Gasteiger partial charge on any atom is -0.376 e. The van der Waals surface area contributed by atoms with Gasteiger partial charge >= 0.3 is 15.6 Å². The van der Waals surface area contributed by atoms with Gasteiger partial charge in [0.1, 0.15) is 12.0 Å². The largest absolute Gasteiger partial charge is 0.534 e. The lowest BCUT2D eigenvalue weighted by atomic mass is 10.1. The lowest BCUT2D eigenvalue weighted by molar-refractivity contribution is -0.0500. The zero-order valence-corrected chi connectivity index (χ0v) is 9.30. The standard InChI is InChI=1S/C9H7F3O4S/c1-6-4-7(5-13)2-3-8(6)16-17(14,15)9(10,11)12/h2-5H,1H3. The van der Waals surface area contributed by atoms with Gasteiger partial charge in [0, 0.05) is 5.56 Å². The molecule has 17 heavy (non-hydrogen) atoms. The topological polar surface area (TPSA) is 60.4 Å². The summed E-state index contributed by atoms with van der Waals surface area (Å²) in [4.78, 5) is 10.4. The first-order valence-electron chi connectivity index (χ1n) is 4.24. The summed E-state index contributed by atoms with van der Waals surface area (Å²) in [5.41, 5.74) is -5.16. The molecule has 0 amide bonds.